The van der Waals surface area contributed by atoms with Gasteiger partial charge in [-0.2, -0.15) is 0 Å². The fraction of sp³-hybridized carbons (Fsp3) is 0.455. The van der Waals surface area contributed by atoms with Crippen molar-refractivity contribution in [2.45, 2.75) is 65.4 Å². The van der Waals surface area contributed by atoms with E-state index in [0.717, 1.165) is 24.8 Å². The van der Waals surface area contributed by atoms with Gasteiger partial charge in [0.2, 0.25) is 0 Å². The molecule has 0 aliphatic heterocycles. The van der Waals surface area contributed by atoms with Crippen LogP contribution in [0.4, 0.5) is 0 Å². The summed E-state index contributed by atoms with van der Waals surface area (Å²) in [6, 6.07) is 7.61. The lowest BCUT2D eigenvalue weighted by Gasteiger charge is -2.13. The van der Waals surface area contributed by atoms with Crippen LogP contribution in [-0.4, -0.2) is 21.2 Å². The van der Waals surface area contributed by atoms with Gasteiger partial charge in [-0.05, 0) is 60.9 Å². The largest absolute Gasteiger partial charge is 0.392 e. The molecular weight excluding hydrogens is 379 g/mol. The van der Waals surface area contributed by atoms with Crippen LogP contribution in [0.15, 0.2) is 42.7 Å². The van der Waals surface area contributed by atoms with E-state index in [1.165, 1.54) is 30.4 Å². The average molecular weight is 409 g/mol. The molecule has 27 heavy (non-hydrogen) atoms. The zero-order valence-corrected chi connectivity index (χ0v) is 15.5. The molecular formula is C22H30Cl2N2O. The second kappa shape index (κ2) is 11.4. The highest BCUT2D eigenvalue weighted by Crippen LogP contribution is 2.34. The zero-order chi connectivity index (χ0) is 17.6. The first-order chi connectivity index (χ1) is 12.1. The van der Waals surface area contributed by atoms with Gasteiger partial charge >= 0.3 is 0 Å². The summed E-state index contributed by atoms with van der Waals surface area (Å²) in [4.78, 5) is 8.06. The fourth-order valence-corrected chi connectivity index (χ4v) is 3.66. The molecule has 2 aliphatic rings. The Labute approximate surface area is 173 Å². The number of hydrogen-bond acceptors (Lipinski definition) is 3. The molecule has 148 valence electrons. The van der Waals surface area contributed by atoms with Gasteiger partial charge in [0, 0.05) is 18.3 Å². The minimum atomic E-state index is -0.192. The molecule has 2 aromatic rings. The quantitative estimate of drug-likeness (QED) is 0.547. The van der Waals surface area contributed by atoms with Gasteiger partial charge in [-0.3, -0.25) is 0 Å². The summed E-state index contributed by atoms with van der Waals surface area (Å²) >= 11 is 11.4. The summed E-state index contributed by atoms with van der Waals surface area (Å²) in [6.07, 6.45) is 12.4. The Bertz CT molecular complexity index is 714. The van der Waals surface area contributed by atoms with E-state index in [4.69, 9.17) is 23.2 Å². The molecule has 1 N–H and O–H groups in total. The Hall–Kier alpha value is -1.42. The topological polar surface area (TPSA) is 46.0 Å². The molecule has 3 nitrogen and oxygen atoms in total. The van der Waals surface area contributed by atoms with Crippen molar-refractivity contribution in [3.63, 3.8) is 0 Å². The molecule has 1 fully saturated rings. The van der Waals surface area contributed by atoms with Crippen LogP contribution in [-0.2, 0) is 0 Å². The Morgan fingerprint density at radius 2 is 1.59 bits per heavy atom. The van der Waals surface area contributed by atoms with E-state index in [9.17, 15) is 5.11 Å². The normalized spacial score (nSPS) is 20.6. The molecule has 2 aliphatic carbocycles. The third-order valence-electron chi connectivity index (χ3n) is 4.80. The highest BCUT2D eigenvalue weighted by Gasteiger charge is 2.26. The van der Waals surface area contributed by atoms with Crippen molar-refractivity contribution < 1.29 is 5.11 Å². The number of aliphatic hydroxyl groups excluding tert-OH is 1. The van der Waals surface area contributed by atoms with Crippen LogP contribution in [0, 0.1) is 0 Å². The van der Waals surface area contributed by atoms with Gasteiger partial charge < -0.3 is 5.11 Å². The van der Waals surface area contributed by atoms with E-state index in [1.807, 2.05) is 24.4 Å². The Kier molecular flexibility index (Phi) is 10.00. The molecule has 4 rings (SSSR count). The smallest absolute Gasteiger partial charge is 0.129 e. The van der Waals surface area contributed by atoms with Gasteiger partial charge in [-0.25, -0.2) is 9.97 Å². The fourth-order valence-electron chi connectivity index (χ4n) is 3.43. The van der Waals surface area contributed by atoms with Gasteiger partial charge in [0.05, 0.1) is 6.10 Å². The molecule has 2 atom stereocenters. The molecule has 1 saturated carbocycles. The molecule has 0 spiro atoms. The van der Waals surface area contributed by atoms with Gasteiger partial charge in [-0.1, -0.05) is 62.7 Å². The monoisotopic (exact) mass is 408 g/mol. The first-order valence-electron chi connectivity index (χ1n) is 8.74. The second-order valence-electron chi connectivity index (χ2n) is 6.51. The highest BCUT2D eigenvalue weighted by atomic mass is 35.5. The van der Waals surface area contributed by atoms with Gasteiger partial charge in [0.15, 0.2) is 0 Å². The van der Waals surface area contributed by atoms with Gasteiger partial charge in [0.1, 0.15) is 10.3 Å². The SMILES string of the molecule is C.C.Clc1ccc(C2=CCCC2)cn1.OC1CCCC1c1ccc(Cl)nc1. The third-order valence-corrected chi connectivity index (χ3v) is 5.24. The van der Waals surface area contributed by atoms with Crippen molar-refractivity contribution in [1.29, 1.82) is 0 Å². The van der Waals surface area contributed by atoms with Gasteiger partial charge in [0.25, 0.3) is 0 Å². The molecule has 0 amide bonds. The lowest BCUT2D eigenvalue weighted by molar-refractivity contribution is 0.163. The minimum absolute atomic E-state index is 0. The average Bonchev–Trinajstić information content (AvgIpc) is 3.29. The van der Waals surface area contributed by atoms with E-state index in [2.05, 4.69) is 16.0 Å². The first kappa shape index (κ1) is 23.6. The van der Waals surface area contributed by atoms with Crippen LogP contribution < -0.4 is 0 Å². The van der Waals surface area contributed by atoms with Crippen LogP contribution in [0.3, 0.4) is 0 Å². The zero-order valence-electron chi connectivity index (χ0n) is 14.0. The molecule has 2 aromatic heterocycles. The van der Waals surface area contributed by atoms with E-state index in [-0.39, 0.29) is 26.9 Å². The van der Waals surface area contributed by atoms with Crippen molar-refractivity contribution in [2.75, 3.05) is 0 Å². The van der Waals surface area contributed by atoms with Crippen LogP contribution in [0.5, 0.6) is 0 Å². The molecule has 0 saturated heterocycles. The molecule has 2 heterocycles. The number of hydrogen-bond donors (Lipinski definition) is 1. The van der Waals surface area contributed by atoms with Crippen molar-refractivity contribution in [1.82, 2.24) is 9.97 Å². The van der Waals surface area contributed by atoms with E-state index in [1.54, 1.807) is 12.3 Å². The predicted molar refractivity (Wildman–Crippen MR) is 116 cm³/mol. The maximum atomic E-state index is 9.65. The molecule has 2 unspecified atom stereocenters. The summed E-state index contributed by atoms with van der Waals surface area (Å²) < 4.78 is 0. The Morgan fingerprint density at radius 1 is 0.889 bits per heavy atom. The van der Waals surface area contributed by atoms with Crippen molar-refractivity contribution in [3.8, 4) is 0 Å². The third kappa shape index (κ3) is 6.60. The summed E-state index contributed by atoms with van der Waals surface area (Å²) in [5, 5.41) is 10.7. The standard InChI is InChI=1S/C10H12ClNO.C10H10ClN.2CH4/c11-10-5-4-7(6-12-10)8-2-1-3-9(8)13;11-10-6-5-9(7-12-10)8-3-1-2-4-8;;/h4-6,8-9,13H,1-3H2;3,5-7H,1-2,4H2;2*1H4. The van der Waals surface area contributed by atoms with Crippen molar-refractivity contribution in [2.24, 2.45) is 0 Å². The maximum absolute atomic E-state index is 9.65. The van der Waals surface area contributed by atoms with E-state index in [0.29, 0.717) is 10.3 Å². The van der Waals surface area contributed by atoms with Crippen LogP contribution in [0.25, 0.3) is 5.57 Å². The summed E-state index contributed by atoms with van der Waals surface area (Å²) in [5.41, 5.74) is 3.74. The molecule has 0 aromatic carbocycles. The first-order valence-corrected chi connectivity index (χ1v) is 9.49. The summed E-state index contributed by atoms with van der Waals surface area (Å²) in [6.45, 7) is 0. The molecule has 0 radical (unpaired) electrons. The number of rotatable bonds is 2. The van der Waals surface area contributed by atoms with Crippen LogP contribution in [0.1, 0.15) is 70.4 Å². The second-order valence-corrected chi connectivity index (χ2v) is 7.28. The number of aliphatic hydroxyl groups is 1. The Balaban J connectivity index is 0.000000252. The number of pyridine rings is 2. The molecule has 5 heteroatoms. The maximum Gasteiger partial charge on any atom is 0.129 e. The van der Waals surface area contributed by atoms with E-state index < -0.39 is 0 Å². The van der Waals surface area contributed by atoms with Crippen molar-refractivity contribution >= 4 is 28.8 Å². The summed E-state index contributed by atoms with van der Waals surface area (Å²) in [7, 11) is 0. The number of allylic oxidation sites excluding steroid dienone is 2. The summed E-state index contributed by atoms with van der Waals surface area (Å²) in [5.74, 6) is 0.268. The number of aromatic nitrogens is 2. The van der Waals surface area contributed by atoms with Crippen LogP contribution in [0.2, 0.25) is 10.3 Å². The van der Waals surface area contributed by atoms with Crippen LogP contribution >= 0.6 is 23.2 Å². The number of nitrogens with zero attached hydrogens (tertiary/aromatic N) is 2. The lowest BCUT2D eigenvalue weighted by Crippen LogP contribution is -2.10. The minimum Gasteiger partial charge on any atom is -0.392 e. The van der Waals surface area contributed by atoms with Crippen molar-refractivity contribution in [3.05, 3.63) is 64.2 Å². The lowest BCUT2D eigenvalue weighted by atomic mass is 9.98. The molecule has 0 bridgehead atoms. The highest BCUT2D eigenvalue weighted by molar-refractivity contribution is 6.29. The Morgan fingerprint density at radius 3 is 2.07 bits per heavy atom. The number of halogens is 2. The van der Waals surface area contributed by atoms with Gasteiger partial charge in [-0.15, -0.1) is 0 Å². The van der Waals surface area contributed by atoms with E-state index >= 15 is 0 Å². The predicted octanol–water partition coefficient (Wildman–Crippen LogP) is 6.94.